The summed E-state index contributed by atoms with van der Waals surface area (Å²) in [6, 6.07) is 9.54. The molecule has 1 atom stereocenters. The zero-order valence-electron chi connectivity index (χ0n) is 11.3. The smallest absolute Gasteiger partial charge is 0.244 e. The van der Waals surface area contributed by atoms with Crippen molar-refractivity contribution in [1.82, 2.24) is 4.98 Å². The van der Waals surface area contributed by atoms with E-state index in [-0.39, 0.29) is 5.91 Å². The number of benzene rings is 1. The molecule has 1 aromatic carbocycles. The molecule has 1 heterocycles. The van der Waals surface area contributed by atoms with E-state index in [1.807, 2.05) is 37.3 Å². The Bertz CT molecular complexity index is 587. The molecular formula is C15H19N3O. The van der Waals surface area contributed by atoms with Crippen LogP contribution in [0.4, 0.5) is 5.69 Å². The Kier molecular flexibility index (Phi) is 3.81. The molecule has 4 heteroatoms. The molecule has 19 heavy (non-hydrogen) atoms. The largest absolute Gasteiger partial charge is 0.323 e. The summed E-state index contributed by atoms with van der Waals surface area (Å²) >= 11 is 0. The first-order chi connectivity index (χ1) is 9.04. The number of anilines is 1. The molecule has 2 rings (SSSR count). The minimum Gasteiger partial charge on any atom is -0.323 e. The van der Waals surface area contributed by atoms with Crippen LogP contribution in [0.25, 0.3) is 10.9 Å². The molecule has 3 N–H and O–H groups in total. The lowest BCUT2D eigenvalue weighted by Gasteiger charge is -2.23. The molecule has 1 unspecified atom stereocenters. The molecule has 1 amide bonds. The number of rotatable bonds is 4. The zero-order valence-corrected chi connectivity index (χ0v) is 11.3. The normalized spacial score (nSPS) is 14.1. The molecule has 0 aliphatic heterocycles. The van der Waals surface area contributed by atoms with E-state index in [1.54, 1.807) is 13.1 Å². The highest BCUT2D eigenvalue weighted by Crippen LogP contribution is 2.22. The Labute approximate surface area is 113 Å². The van der Waals surface area contributed by atoms with Crippen LogP contribution in [0.5, 0.6) is 0 Å². The molecule has 0 fully saturated rings. The minimum atomic E-state index is -0.855. The van der Waals surface area contributed by atoms with E-state index in [4.69, 9.17) is 5.73 Å². The highest BCUT2D eigenvalue weighted by molar-refractivity contribution is 6.03. The summed E-state index contributed by atoms with van der Waals surface area (Å²) in [6.07, 6.45) is 3.23. The Morgan fingerprint density at radius 1 is 1.37 bits per heavy atom. The fourth-order valence-corrected chi connectivity index (χ4v) is 2.10. The van der Waals surface area contributed by atoms with Gasteiger partial charge in [-0.15, -0.1) is 0 Å². The Morgan fingerprint density at radius 2 is 2.11 bits per heavy atom. The lowest BCUT2D eigenvalue weighted by atomic mass is 9.96. The van der Waals surface area contributed by atoms with Gasteiger partial charge in [0.1, 0.15) is 0 Å². The van der Waals surface area contributed by atoms with E-state index in [0.29, 0.717) is 12.1 Å². The number of carbonyl (C=O) groups is 1. The van der Waals surface area contributed by atoms with Crippen molar-refractivity contribution >= 4 is 22.5 Å². The van der Waals surface area contributed by atoms with Crippen molar-refractivity contribution in [2.24, 2.45) is 5.73 Å². The second kappa shape index (κ2) is 5.36. The minimum absolute atomic E-state index is 0.174. The number of pyridine rings is 1. The number of fused-ring (bicyclic) bond motifs is 1. The summed E-state index contributed by atoms with van der Waals surface area (Å²) in [7, 11) is 0. The third kappa shape index (κ3) is 2.90. The fourth-order valence-electron chi connectivity index (χ4n) is 2.10. The lowest BCUT2D eigenvalue weighted by Crippen LogP contribution is -2.48. The topological polar surface area (TPSA) is 68.0 Å². The summed E-state index contributed by atoms with van der Waals surface area (Å²) in [5, 5.41) is 3.88. The van der Waals surface area contributed by atoms with Gasteiger partial charge >= 0.3 is 0 Å². The molecule has 0 spiro atoms. The van der Waals surface area contributed by atoms with Crippen LogP contribution < -0.4 is 11.1 Å². The summed E-state index contributed by atoms with van der Waals surface area (Å²) < 4.78 is 0. The maximum Gasteiger partial charge on any atom is 0.244 e. The maximum absolute atomic E-state index is 12.2. The predicted octanol–water partition coefficient (Wildman–Crippen LogP) is 2.69. The van der Waals surface area contributed by atoms with Gasteiger partial charge in [-0.05, 0) is 25.5 Å². The van der Waals surface area contributed by atoms with Gasteiger partial charge in [0, 0.05) is 11.6 Å². The van der Waals surface area contributed by atoms with E-state index in [1.165, 1.54) is 0 Å². The summed E-state index contributed by atoms with van der Waals surface area (Å²) in [4.78, 5) is 16.5. The molecule has 0 saturated heterocycles. The van der Waals surface area contributed by atoms with Gasteiger partial charge in [-0.1, -0.05) is 31.5 Å². The van der Waals surface area contributed by atoms with E-state index in [9.17, 15) is 4.79 Å². The summed E-state index contributed by atoms with van der Waals surface area (Å²) in [6.45, 7) is 3.77. The number of amides is 1. The molecule has 2 aromatic rings. The number of hydrogen-bond donors (Lipinski definition) is 2. The molecule has 0 saturated carbocycles. The van der Waals surface area contributed by atoms with Gasteiger partial charge in [-0.25, -0.2) is 0 Å². The van der Waals surface area contributed by atoms with Crippen molar-refractivity contribution in [3.05, 3.63) is 36.5 Å². The van der Waals surface area contributed by atoms with Gasteiger partial charge in [0.05, 0.1) is 16.7 Å². The molecule has 0 aliphatic rings. The SMILES string of the molecule is CCCC(C)(N)C(=O)Nc1cccc2cccnc12. The molecule has 100 valence electrons. The highest BCUT2D eigenvalue weighted by atomic mass is 16.2. The van der Waals surface area contributed by atoms with Crippen LogP contribution in [0.3, 0.4) is 0 Å². The maximum atomic E-state index is 12.2. The fraction of sp³-hybridized carbons (Fsp3) is 0.333. The van der Waals surface area contributed by atoms with Crippen LogP contribution >= 0.6 is 0 Å². The predicted molar refractivity (Wildman–Crippen MR) is 77.9 cm³/mol. The number of nitrogens with two attached hydrogens (primary N) is 1. The highest BCUT2D eigenvalue weighted by Gasteiger charge is 2.27. The molecule has 1 aromatic heterocycles. The van der Waals surface area contributed by atoms with Crippen molar-refractivity contribution in [1.29, 1.82) is 0 Å². The van der Waals surface area contributed by atoms with Crippen molar-refractivity contribution < 1.29 is 4.79 Å². The van der Waals surface area contributed by atoms with Gasteiger partial charge in [-0.2, -0.15) is 0 Å². The number of nitrogens with zero attached hydrogens (tertiary/aromatic N) is 1. The van der Waals surface area contributed by atoms with Crippen molar-refractivity contribution in [2.45, 2.75) is 32.2 Å². The first-order valence-corrected chi connectivity index (χ1v) is 6.48. The van der Waals surface area contributed by atoms with E-state index >= 15 is 0 Å². The van der Waals surface area contributed by atoms with Crippen LogP contribution in [-0.2, 0) is 4.79 Å². The lowest BCUT2D eigenvalue weighted by molar-refractivity contribution is -0.120. The average Bonchev–Trinajstić information content (AvgIpc) is 2.39. The van der Waals surface area contributed by atoms with Gasteiger partial charge in [-0.3, -0.25) is 9.78 Å². The second-order valence-corrected chi connectivity index (χ2v) is 5.00. The molecule has 0 bridgehead atoms. The van der Waals surface area contributed by atoms with Crippen LogP contribution in [0, 0.1) is 0 Å². The Hall–Kier alpha value is -1.94. The van der Waals surface area contributed by atoms with Gasteiger partial charge in [0.2, 0.25) is 5.91 Å². The second-order valence-electron chi connectivity index (χ2n) is 5.00. The molecule has 4 nitrogen and oxygen atoms in total. The van der Waals surface area contributed by atoms with Crippen LogP contribution in [0.2, 0.25) is 0 Å². The standard InChI is InChI=1S/C15H19N3O/c1-3-9-15(2,16)14(19)18-12-8-4-6-11-7-5-10-17-13(11)12/h4-8,10H,3,9,16H2,1-2H3,(H,18,19). The summed E-state index contributed by atoms with van der Waals surface area (Å²) in [5.41, 5.74) is 6.66. The van der Waals surface area contributed by atoms with Gasteiger partial charge in [0.15, 0.2) is 0 Å². The monoisotopic (exact) mass is 257 g/mol. The first-order valence-electron chi connectivity index (χ1n) is 6.48. The quantitative estimate of drug-likeness (QED) is 0.884. The molecule has 0 aliphatic carbocycles. The number of para-hydroxylation sites is 1. The van der Waals surface area contributed by atoms with Gasteiger partial charge < -0.3 is 11.1 Å². The third-order valence-corrected chi connectivity index (χ3v) is 3.17. The molecule has 0 radical (unpaired) electrons. The van der Waals surface area contributed by atoms with Crippen molar-refractivity contribution in [3.8, 4) is 0 Å². The van der Waals surface area contributed by atoms with E-state index in [2.05, 4.69) is 10.3 Å². The Balaban J connectivity index is 2.29. The van der Waals surface area contributed by atoms with Crippen molar-refractivity contribution in [2.75, 3.05) is 5.32 Å². The van der Waals surface area contributed by atoms with Crippen LogP contribution in [-0.4, -0.2) is 16.4 Å². The number of hydrogen-bond acceptors (Lipinski definition) is 3. The third-order valence-electron chi connectivity index (χ3n) is 3.17. The van der Waals surface area contributed by atoms with E-state index < -0.39 is 5.54 Å². The van der Waals surface area contributed by atoms with E-state index in [0.717, 1.165) is 17.3 Å². The number of aromatic nitrogens is 1. The summed E-state index contributed by atoms with van der Waals surface area (Å²) in [5.74, 6) is -0.174. The Morgan fingerprint density at radius 3 is 2.84 bits per heavy atom. The van der Waals surface area contributed by atoms with Crippen LogP contribution in [0.15, 0.2) is 36.5 Å². The number of nitrogens with one attached hydrogen (secondary N) is 1. The molecular weight excluding hydrogens is 238 g/mol. The van der Waals surface area contributed by atoms with Gasteiger partial charge in [0.25, 0.3) is 0 Å². The average molecular weight is 257 g/mol. The van der Waals surface area contributed by atoms with Crippen molar-refractivity contribution in [3.63, 3.8) is 0 Å². The van der Waals surface area contributed by atoms with Crippen LogP contribution in [0.1, 0.15) is 26.7 Å². The number of carbonyl (C=O) groups excluding carboxylic acids is 1. The first kappa shape index (κ1) is 13.5. The zero-order chi connectivity index (χ0) is 13.9.